The summed E-state index contributed by atoms with van der Waals surface area (Å²) in [5.41, 5.74) is 3.31. The maximum absolute atomic E-state index is 12.6. The first kappa shape index (κ1) is 22.6. The summed E-state index contributed by atoms with van der Waals surface area (Å²) >= 11 is 0. The Balaban J connectivity index is 1.38. The zero-order valence-electron chi connectivity index (χ0n) is 20.7. The van der Waals surface area contributed by atoms with Crippen LogP contribution in [0.1, 0.15) is 51.4 Å². The van der Waals surface area contributed by atoms with E-state index in [1.165, 1.54) is 0 Å². The lowest BCUT2D eigenvalue weighted by molar-refractivity contribution is 0.0266. The van der Waals surface area contributed by atoms with Gasteiger partial charge in [-0.2, -0.15) is 5.10 Å². The third-order valence-electron chi connectivity index (χ3n) is 7.04. The molecule has 0 atom stereocenters. The Morgan fingerprint density at radius 1 is 1.12 bits per heavy atom. The number of nitrogens with one attached hydrogen (secondary N) is 1. The average molecular weight is 464 g/mol. The quantitative estimate of drug-likeness (QED) is 0.606. The van der Waals surface area contributed by atoms with Gasteiger partial charge in [-0.15, -0.1) is 0 Å². The lowest BCUT2D eigenvalue weighted by Crippen LogP contribution is -2.43. The molecule has 34 heavy (non-hydrogen) atoms. The predicted octanol–water partition coefficient (Wildman–Crippen LogP) is 4.26. The standard InChI is InChI=1S/C25H33N7O2/c1-16-20(17(2)30-29-16)21-27-19-14-26-10-6-18(19)22(28-21)31-11-7-25(8-12-31)9-13-32(15-25)23(33)34-24(3,4)5/h6,10,14H,7-9,11-13,15H2,1-5H3,(H,29,30). The second-order valence-corrected chi connectivity index (χ2v) is 10.7. The van der Waals surface area contributed by atoms with E-state index in [2.05, 4.69) is 20.1 Å². The van der Waals surface area contributed by atoms with E-state index in [0.717, 1.165) is 79.1 Å². The van der Waals surface area contributed by atoms with Gasteiger partial charge in [0.15, 0.2) is 5.82 Å². The second-order valence-electron chi connectivity index (χ2n) is 10.7. The van der Waals surface area contributed by atoms with Crippen molar-refractivity contribution in [2.75, 3.05) is 31.1 Å². The summed E-state index contributed by atoms with van der Waals surface area (Å²) in [7, 11) is 0. The van der Waals surface area contributed by atoms with Gasteiger partial charge in [0.05, 0.1) is 23.0 Å². The molecule has 1 N–H and O–H groups in total. The fourth-order valence-corrected chi connectivity index (χ4v) is 5.22. The summed E-state index contributed by atoms with van der Waals surface area (Å²) in [6.45, 7) is 13.0. The van der Waals surface area contributed by atoms with Crippen LogP contribution in [0.2, 0.25) is 0 Å². The Labute approximate surface area is 199 Å². The van der Waals surface area contributed by atoms with E-state index in [9.17, 15) is 4.79 Å². The molecule has 0 aromatic carbocycles. The first-order valence-corrected chi connectivity index (χ1v) is 12.0. The number of hydrogen-bond donors (Lipinski definition) is 1. The first-order chi connectivity index (χ1) is 16.1. The largest absolute Gasteiger partial charge is 0.444 e. The fraction of sp³-hybridized carbons (Fsp3) is 0.560. The van der Waals surface area contributed by atoms with Gasteiger partial charge in [-0.3, -0.25) is 10.1 Å². The lowest BCUT2D eigenvalue weighted by atomic mass is 9.78. The highest BCUT2D eigenvalue weighted by Crippen LogP contribution is 2.42. The van der Waals surface area contributed by atoms with Crippen LogP contribution in [-0.2, 0) is 4.74 Å². The van der Waals surface area contributed by atoms with Crippen molar-refractivity contribution in [2.45, 2.75) is 59.5 Å². The van der Waals surface area contributed by atoms with Gasteiger partial charge in [-0.25, -0.2) is 14.8 Å². The minimum absolute atomic E-state index is 0.151. The molecule has 3 aromatic rings. The molecule has 2 fully saturated rings. The summed E-state index contributed by atoms with van der Waals surface area (Å²) in [5.74, 6) is 1.62. The molecule has 5 heterocycles. The highest BCUT2D eigenvalue weighted by Gasteiger charge is 2.43. The van der Waals surface area contributed by atoms with Crippen LogP contribution in [0, 0.1) is 19.3 Å². The summed E-state index contributed by atoms with van der Waals surface area (Å²) in [6.07, 6.45) is 6.45. The van der Waals surface area contributed by atoms with Gasteiger partial charge in [-0.1, -0.05) is 0 Å². The highest BCUT2D eigenvalue weighted by atomic mass is 16.6. The lowest BCUT2D eigenvalue weighted by Gasteiger charge is -2.40. The molecule has 1 amide bonds. The van der Waals surface area contributed by atoms with Gasteiger partial charge in [0.2, 0.25) is 0 Å². The molecule has 5 rings (SSSR count). The molecule has 2 aliphatic rings. The van der Waals surface area contributed by atoms with Crippen molar-refractivity contribution in [3.63, 3.8) is 0 Å². The number of hydrogen-bond acceptors (Lipinski definition) is 7. The maximum Gasteiger partial charge on any atom is 0.410 e. The van der Waals surface area contributed by atoms with Crippen LogP contribution in [0.5, 0.6) is 0 Å². The molecule has 0 bridgehead atoms. The number of nitrogens with zero attached hydrogens (tertiary/aromatic N) is 6. The average Bonchev–Trinajstić information content (AvgIpc) is 3.35. The SMILES string of the molecule is Cc1n[nH]c(C)c1-c1nc(N2CCC3(CCN(C(=O)OC(C)(C)C)C3)CC2)c2ccncc2n1. The van der Waals surface area contributed by atoms with Crippen molar-refractivity contribution < 1.29 is 9.53 Å². The van der Waals surface area contributed by atoms with E-state index in [4.69, 9.17) is 14.7 Å². The smallest absolute Gasteiger partial charge is 0.410 e. The monoisotopic (exact) mass is 463 g/mol. The van der Waals surface area contributed by atoms with E-state index < -0.39 is 5.60 Å². The minimum Gasteiger partial charge on any atom is -0.444 e. The molecule has 0 radical (unpaired) electrons. The van der Waals surface area contributed by atoms with E-state index in [0.29, 0.717) is 5.82 Å². The minimum atomic E-state index is -0.470. The Kier molecular flexibility index (Phi) is 5.45. The summed E-state index contributed by atoms with van der Waals surface area (Å²) in [6, 6.07) is 1.99. The number of aromatic nitrogens is 5. The van der Waals surface area contributed by atoms with Gasteiger partial charge in [0, 0.05) is 43.5 Å². The Hall–Kier alpha value is -3.23. The summed E-state index contributed by atoms with van der Waals surface area (Å²) in [5, 5.41) is 8.38. The molecule has 2 saturated heterocycles. The van der Waals surface area contributed by atoms with E-state index in [-0.39, 0.29) is 11.5 Å². The Morgan fingerprint density at radius 2 is 1.85 bits per heavy atom. The third-order valence-corrected chi connectivity index (χ3v) is 7.04. The van der Waals surface area contributed by atoms with Crippen LogP contribution >= 0.6 is 0 Å². The van der Waals surface area contributed by atoms with E-state index in [1.807, 2.05) is 45.6 Å². The molecule has 9 heteroatoms. The van der Waals surface area contributed by atoms with Crippen molar-refractivity contribution in [2.24, 2.45) is 5.41 Å². The number of piperidine rings is 1. The number of pyridine rings is 1. The van der Waals surface area contributed by atoms with Crippen molar-refractivity contribution in [1.82, 2.24) is 30.0 Å². The van der Waals surface area contributed by atoms with Gasteiger partial charge < -0.3 is 14.5 Å². The number of aryl methyl sites for hydroxylation is 2. The number of carbonyl (C=O) groups excluding carboxylic acids is 1. The third kappa shape index (κ3) is 4.19. The number of rotatable bonds is 2. The second kappa shape index (κ2) is 8.21. The first-order valence-electron chi connectivity index (χ1n) is 12.0. The van der Waals surface area contributed by atoms with Gasteiger partial charge >= 0.3 is 6.09 Å². The van der Waals surface area contributed by atoms with Crippen molar-refractivity contribution in [1.29, 1.82) is 0 Å². The number of ether oxygens (including phenoxy) is 1. The molecular weight excluding hydrogens is 430 g/mol. The molecule has 0 aliphatic carbocycles. The normalized spacial score (nSPS) is 18.1. The topological polar surface area (TPSA) is 100 Å². The van der Waals surface area contributed by atoms with E-state index >= 15 is 0 Å². The van der Waals surface area contributed by atoms with Crippen molar-refractivity contribution in [3.05, 3.63) is 29.8 Å². The molecular formula is C25H33N7O2. The van der Waals surface area contributed by atoms with Gasteiger partial charge in [-0.05, 0) is 65.4 Å². The van der Waals surface area contributed by atoms with E-state index in [1.54, 1.807) is 12.4 Å². The zero-order chi connectivity index (χ0) is 24.1. The van der Waals surface area contributed by atoms with Crippen molar-refractivity contribution >= 4 is 22.8 Å². The molecule has 0 saturated carbocycles. The molecule has 180 valence electrons. The number of amides is 1. The van der Waals surface area contributed by atoms with Gasteiger partial charge in [0.25, 0.3) is 0 Å². The van der Waals surface area contributed by atoms with Crippen LogP contribution in [0.4, 0.5) is 10.6 Å². The van der Waals surface area contributed by atoms with Crippen LogP contribution in [0.25, 0.3) is 22.3 Å². The number of fused-ring (bicyclic) bond motifs is 1. The van der Waals surface area contributed by atoms with Crippen LogP contribution < -0.4 is 4.90 Å². The van der Waals surface area contributed by atoms with Crippen LogP contribution in [-0.4, -0.2) is 67.9 Å². The highest BCUT2D eigenvalue weighted by molar-refractivity contribution is 5.90. The number of likely N-dealkylation sites (tertiary alicyclic amines) is 1. The number of H-pyrrole nitrogens is 1. The predicted molar refractivity (Wildman–Crippen MR) is 131 cm³/mol. The Bertz CT molecular complexity index is 1200. The molecule has 0 unspecified atom stereocenters. The molecule has 9 nitrogen and oxygen atoms in total. The summed E-state index contributed by atoms with van der Waals surface area (Å²) < 4.78 is 5.61. The van der Waals surface area contributed by atoms with Crippen LogP contribution in [0.15, 0.2) is 18.5 Å². The number of carbonyl (C=O) groups is 1. The summed E-state index contributed by atoms with van der Waals surface area (Å²) in [4.78, 5) is 31.0. The van der Waals surface area contributed by atoms with Crippen molar-refractivity contribution in [3.8, 4) is 11.4 Å². The zero-order valence-corrected chi connectivity index (χ0v) is 20.7. The number of aromatic amines is 1. The molecule has 3 aromatic heterocycles. The number of anilines is 1. The fourth-order valence-electron chi connectivity index (χ4n) is 5.22. The van der Waals surface area contributed by atoms with Gasteiger partial charge in [0.1, 0.15) is 11.4 Å². The maximum atomic E-state index is 12.6. The molecule has 2 aliphatic heterocycles. The van der Waals surface area contributed by atoms with Crippen LogP contribution in [0.3, 0.4) is 0 Å². The molecule has 1 spiro atoms. The Morgan fingerprint density at radius 3 is 2.53 bits per heavy atom.